The molecule has 2 heterocycles. The molecule has 2 nitrogen and oxygen atoms in total. The molecule has 0 aliphatic carbocycles. The molecule has 0 aliphatic heterocycles. The van der Waals surface area contributed by atoms with Crippen molar-refractivity contribution in [2.75, 3.05) is 0 Å². The van der Waals surface area contributed by atoms with E-state index in [0.29, 0.717) is 0 Å². The first kappa shape index (κ1) is 11.9. The Labute approximate surface area is 96.0 Å². The Morgan fingerprint density at radius 1 is 0.875 bits per heavy atom. The average Bonchev–Trinajstić information content (AvgIpc) is 2.41. The fourth-order valence-electron chi connectivity index (χ4n) is 0.996. The molecule has 0 saturated carbocycles. The molecular formula is C14H14N2. The van der Waals surface area contributed by atoms with Crippen molar-refractivity contribution in [3.8, 4) is 0 Å². The minimum absolute atomic E-state index is 0.924. The van der Waals surface area contributed by atoms with E-state index in [1.54, 1.807) is 30.7 Å². The minimum atomic E-state index is 0.924. The van der Waals surface area contributed by atoms with E-state index >= 15 is 0 Å². The Morgan fingerprint density at radius 2 is 1.62 bits per heavy atom. The maximum absolute atomic E-state index is 3.98. The molecule has 0 atom stereocenters. The van der Waals surface area contributed by atoms with Crippen LogP contribution in [0.4, 0.5) is 0 Å². The molecule has 0 aromatic carbocycles. The fourth-order valence-corrected chi connectivity index (χ4v) is 0.996. The van der Waals surface area contributed by atoms with Gasteiger partial charge in [-0.25, -0.2) is 0 Å². The zero-order valence-corrected chi connectivity index (χ0v) is 9.08. The monoisotopic (exact) mass is 210 g/mol. The third-order valence-corrected chi connectivity index (χ3v) is 1.84. The second kappa shape index (κ2) is 7.12. The highest BCUT2D eigenvalue weighted by atomic mass is 14.6. The SMILES string of the molecule is C=Cc1ccccn1.C=Cc1ccncc1. The van der Waals surface area contributed by atoms with E-state index < -0.39 is 0 Å². The van der Waals surface area contributed by atoms with Crippen molar-refractivity contribution in [2.24, 2.45) is 0 Å². The van der Waals surface area contributed by atoms with Crippen LogP contribution in [0.15, 0.2) is 62.1 Å². The Bertz CT molecular complexity index is 378. The second-order valence-electron chi connectivity index (χ2n) is 2.94. The summed E-state index contributed by atoms with van der Waals surface area (Å²) in [4.78, 5) is 7.82. The number of nitrogens with zero attached hydrogens (tertiary/aromatic N) is 2. The molecule has 2 aromatic heterocycles. The summed E-state index contributed by atoms with van der Waals surface area (Å²) in [6.45, 7) is 7.17. The molecule has 80 valence electrons. The highest BCUT2D eigenvalue weighted by molar-refractivity contribution is 5.44. The molecular weight excluding hydrogens is 196 g/mol. The van der Waals surface area contributed by atoms with E-state index in [4.69, 9.17) is 0 Å². The van der Waals surface area contributed by atoms with Gasteiger partial charge in [-0.2, -0.15) is 0 Å². The second-order valence-corrected chi connectivity index (χ2v) is 2.94. The molecule has 0 spiro atoms. The van der Waals surface area contributed by atoms with Gasteiger partial charge in [0.25, 0.3) is 0 Å². The van der Waals surface area contributed by atoms with Gasteiger partial charge < -0.3 is 0 Å². The van der Waals surface area contributed by atoms with Gasteiger partial charge in [-0.1, -0.05) is 25.3 Å². The van der Waals surface area contributed by atoms with E-state index in [2.05, 4.69) is 23.1 Å². The maximum Gasteiger partial charge on any atom is 0.0623 e. The summed E-state index contributed by atoms with van der Waals surface area (Å²) in [6, 6.07) is 9.55. The lowest BCUT2D eigenvalue weighted by Gasteiger charge is -1.84. The Morgan fingerprint density at radius 3 is 2.00 bits per heavy atom. The van der Waals surface area contributed by atoms with Gasteiger partial charge in [-0.3, -0.25) is 9.97 Å². The van der Waals surface area contributed by atoms with Crippen molar-refractivity contribution in [3.63, 3.8) is 0 Å². The molecule has 0 aliphatic rings. The summed E-state index contributed by atoms with van der Waals surface area (Å²) >= 11 is 0. The lowest BCUT2D eigenvalue weighted by Crippen LogP contribution is -1.73. The molecule has 2 rings (SSSR count). The predicted molar refractivity (Wildman–Crippen MR) is 68.7 cm³/mol. The van der Waals surface area contributed by atoms with Gasteiger partial charge in [0, 0.05) is 18.6 Å². The third-order valence-electron chi connectivity index (χ3n) is 1.84. The van der Waals surface area contributed by atoms with E-state index in [0.717, 1.165) is 11.3 Å². The summed E-state index contributed by atoms with van der Waals surface area (Å²) in [6.07, 6.45) is 8.76. The minimum Gasteiger partial charge on any atom is -0.265 e. The first-order valence-corrected chi connectivity index (χ1v) is 4.92. The molecule has 0 amide bonds. The maximum atomic E-state index is 3.98. The zero-order chi connectivity index (χ0) is 11.6. The molecule has 2 heteroatoms. The van der Waals surface area contributed by atoms with Crippen molar-refractivity contribution in [1.29, 1.82) is 0 Å². The van der Waals surface area contributed by atoms with E-state index in [1.165, 1.54) is 0 Å². The number of rotatable bonds is 2. The standard InChI is InChI=1S/2C7H7N/c1-2-7-3-5-8-6-4-7;1-2-7-5-3-4-6-8-7/h2*2-6H,1H2. The van der Waals surface area contributed by atoms with Crippen molar-refractivity contribution in [1.82, 2.24) is 9.97 Å². The smallest absolute Gasteiger partial charge is 0.0623 e. The lowest BCUT2D eigenvalue weighted by atomic mass is 10.3. The van der Waals surface area contributed by atoms with E-state index in [-0.39, 0.29) is 0 Å². The van der Waals surface area contributed by atoms with Crippen LogP contribution < -0.4 is 0 Å². The highest BCUT2D eigenvalue weighted by Gasteiger charge is 1.77. The Kier molecular flexibility index (Phi) is 5.28. The summed E-state index contributed by atoms with van der Waals surface area (Å²) in [5.41, 5.74) is 2.03. The number of hydrogen-bond acceptors (Lipinski definition) is 2. The molecule has 2 aromatic rings. The van der Waals surface area contributed by atoms with Crippen LogP contribution in [0.2, 0.25) is 0 Å². The van der Waals surface area contributed by atoms with Crippen LogP contribution in [0.1, 0.15) is 11.3 Å². The Balaban J connectivity index is 0.000000160. The Hall–Kier alpha value is -2.22. The molecule has 0 saturated heterocycles. The van der Waals surface area contributed by atoms with Crippen molar-refractivity contribution in [3.05, 3.63) is 73.3 Å². The van der Waals surface area contributed by atoms with E-state index in [1.807, 2.05) is 30.3 Å². The summed E-state index contributed by atoms with van der Waals surface area (Å²) in [5, 5.41) is 0. The van der Waals surface area contributed by atoms with Crippen LogP contribution in [0.5, 0.6) is 0 Å². The average molecular weight is 210 g/mol. The topological polar surface area (TPSA) is 25.8 Å². The quantitative estimate of drug-likeness (QED) is 0.758. The first-order chi connectivity index (χ1) is 7.86. The van der Waals surface area contributed by atoms with Gasteiger partial charge in [0.15, 0.2) is 0 Å². The fraction of sp³-hybridized carbons (Fsp3) is 0. The molecule has 0 bridgehead atoms. The van der Waals surface area contributed by atoms with Crippen molar-refractivity contribution in [2.45, 2.75) is 0 Å². The largest absolute Gasteiger partial charge is 0.265 e. The molecule has 0 fully saturated rings. The summed E-state index contributed by atoms with van der Waals surface area (Å²) in [5.74, 6) is 0. The van der Waals surface area contributed by atoms with Crippen LogP contribution in [0.3, 0.4) is 0 Å². The number of aromatic nitrogens is 2. The van der Waals surface area contributed by atoms with Gasteiger partial charge in [0.05, 0.1) is 5.69 Å². The molecule has 0 radical (unpaired) electrons. The van der Waals surface area contributed by atoms with Crippen molar-refractivity contribution < 1.29 is 0 Å². The van der Waals surface area contributed by atoms with Crippen LogP contribution in [-0.2, 0) is 0 Å². The lowest BCUT2D eigenvalue weighted by molar-refractivity contribution is 1.30. The molecule has 0 unspecified atom stereocenters. The van der Waals surface area contributed by atoms with Gasteiger partial charge >= 0.3 is 0 Å². The van der Waals surface area contributed by atoms with Crippen molar-refractivity contribution >= 4 is 12.2 Å². The highest BCUT2D eigenvalue weighted by Crippen LogP contribution is 1.95. The summed E-state index contributed by atoms with van der Waals surface area (Å²) in [7, 11) is 0. The van der Waals surface area contributed by atoms with Crippen LogP contribution >= 0.6 is 0 Å². The van der Waals surface area contributed by atoms with Crippen LogP contribution in [0, 0.1) is 0 Å². The van der Waals surface area contributed by atoms with Gasteiger partial charge in [0.1, 0.15) is 0 Å². The summed E-state index contributed by atoms with van der Waals surface area (Å²) < 4.78 is 0. The predicted octanol–water partition coefficient (Wildman–Crippen LogP) is 3.45. The van der Waals surface area contributed by atoms with Gasteiger partial charge in [-0.15, -0.1) is 0 Å². The third kappa shape index (κ3) is 4.33. The first-order valence-electron chi connectivity index (χ1n) is 4.92. The van der Waals surface area contributed by atoms with Gasteiger partial charge in [0.2, 0.25) is 0 Å². The number of hydrogen-bond donors (Lipinski definition) is 0. The molecule has 0 N–H and O–H groups in total. The number of pyridine rings is 2. The van der Waals surface area contributed by atoms with Crippen LogP contribution in [-0.4, -0.2) is 9.97 Å². The van der Waals surface area contributed by atoms with Crippen LogP contribution in [0.25, 0.3) is 12.2 Å². The molecule has 16 heavy (non-hydrogen) atoms. The van der Waals surface area contributed by atoms with E-state index in [9.17, 15) is 0 Å². The zero-order valence-electron chi connectivity index (χ0n) is 9.08. The van der Waals surface area contributed by atoms with Gasteiger partial charge in [-0.05, 0) is 35.9 Å². The normalized spacial score (nSPS) is 8.50.